The molecule has 0 radical (unpaired) electrons. The second kappa shape index (κ2) is 14.4. The fraction of sp³-hybridized carbons (Fsp3) is 0.238. The number of amidine groups is 4. The lowest BCUT2D eigenvalue weighted by Crippen LogP contribution is -2.32. The predicted molar refractivity (Wildman–Crippen MR) is 209 cm³/mol. The van der Waals surface area contributed by atoms with Gasteiger partial charge in [-0.1, -0.05) is 133 Å². The van der Waals surface area contributed by atoms with E-state index < -0.39 is 0 Å². The van der Waals surface area contributed by atoms with Gasteiger partial charge in [-0.05, 0) is 24.3 Å². The zero-order chi connectivity index (χ0) is 35.5. The Morgan fingerprint density at radius 1 is 0.440 bits per heavy atom. The van der Waals surface area contributed by atoms with Crippen LogP contribution >= 0.6 is 0 Å². The molecule has 8 heteroatoms. The van der Waals surface area contributed by atoms with Gasteiger partial charge in [-0.15, -0.1) is 0 Å². The van der Waals surface area contributed by atoms with Crippen LogP contribution in [0.3, 0.4) is 0 Å². The molecule has 0 saturated heterocycles. The minimum absolute atomic E-state index is 0.466. The van der Waals surface area contributed by atoms with Gasteiger partial charge in [0.25, 0.3) is 5.84 Å². The van der Waals surface area contributed by atoms with E-state index in [0.717, 1.165) is 72.2 Å². The summed E-state index contributed by atoms with van der Waals surface area (Å²) in [6.07, 6.45) is 0. The molecule has 0 atom stereocenters. The lowest BCUT2D eigenvalue weighted by Gasteiger charge is -2.12. The number of hydrogen-bond acceptors (Lipinski definition) is 5. The molecule has 6 aromatic rings. The summed E-state index contributed by atoms with van der Waals surface area (Å²) in [5.74, 6) is 4.74. The summed E-state index contributed by atoms with van der Waals surface area (Å²) in [6, 6.07) is 33.4. The topological polar surface area (TPSA) is 74.7 Å². The summed E-state index contributed by atoms with van der Waals surface area (Å²) in [5, 5.41) is 4.19. The van der Waals surface area contributed by atoms with Crippen LogP contribution in [0.5, 0.6) is 0 Å². The highest BCUT2D eigenvalue weighted by molar-refractivity contribution is 6.24. The van der Waals surface area contributed by atoms with E-state index in [-0.39, 0.29) is 0 Å². The van der Waals surface area contributed by atoms with Crippen LogP contribution in [0.15, 0.2) is 122 Å². The lowest BCUT2D eigenvalue weighted by atomic mass is 10.1. The number of nitrogens with zero attached hydrogens (tertiary/aromatic N) is 8. The first-order valence-electron chi connectivity index (χ1n) is 18.0. The minimum atomic E-state index is 0.466. The molecule has 0 amide bonds. The van der Waals surface area contributed by atoms with E-state index in [1.54, 1.807) is 0 Å². The smallest absolute Gasteiger partial charge is 0.273 e. The van der Waals surface area contributed by atoms with E-state index in [2.05, 4.69) is 99.6 Å². The average molecular weight is 662 g/mol. The molecule has 4 aliphatic rings. The highest BCUT2D eigenvalue weighted by Gasteiger charge is 2.34. The number of rotatable bonds is 0. The van der Waals surface area contributed by atoms with Crippen molar-refractivity contribution in [1.82, 2.24) is 9.13 Å². The Bertz CT molecular complexity index is 2500. The van der Waals surface area contributed by atoms with Crippen LogP contribution in [-0.2, 0) is 6.67 Å². The zero-order valence-corrected chi connectivity index (χ0v) is 30.5. The van der Waals surface area contributed by atoms with Crippen molar-refractivity contribution in [3.05, 3.63) is 130 Å². The van der Waals surface area contributed by atoms with Gasteiger partial charge in [0.05, 0.1) is 23.6 Å². The third-order valence-electron chi connectivity index (χ3n) is 8.64. The Morgan fingerprint density at radius 2 is 0.860 bits per heavy atom. The largest absolute Gasteiger partial charge is 0.278 e. The van der Waals surface area contributed by atoms with Gasteiger partial charge in [0.1, 0.15) is 11.0 Å². The van der Waals surface area contributed by atoms with Gasteiger partial charge in [-0.25, -0.2) is 19.1 Å². The van der Waals surface area contributed by atoms with Crippen molar-refractivity contribution in [2.45, 2.75) is 62.1 Å². The molecule has 6 bridgehead atoms. The second-order valence-corrected chi connectivity index (χ2v) is 10.9. The minimum Gasteiger partial charge on any atom is -0.278 e. The first kappa shape index (κ1) is 34.1. The first-order chi connectivity index (χ1) is 24.7. The lowest BCUT2D eigenvalue weighted by molar-refractivity contribution is -0.410. The highest BCUT2D eigenvalue weighted by atomic mass is 15.3. The number of aliphatic imine (C=N–C) groups is 3. The van der Waals surface area contributed by atoms with E-state index in [1.807, 2.05) is 73.6 Å². The van der Waals surface area contributed by atoms with Crippen molar-refractivity contribution in [2.24, 2.45) is 25.0 Å². The van der Waals surface area contributed by atoms with Crippen molar-refractivity contribution >= 4 is 56.5 Å². The van der Waals surface area contributed by atoms with Crippen LogP contribution in [0.4, 0.5) is 11.6 Å². The molecule has 10 rings (SSSR count). The Balaban J connectivity index is 0.000000507. The standard InChI is InChI=1S/C34H21N8.4C2H6/c1-40-30-22-13-5-4-12-21(22)29(36-30)39-32-24-15-7-6-14-23(24)31-37-27-19-10-2-3-11-20(19)28(35-27)38-33-25-16-8-9-17-26(25)34(40)42(33)18-41(31)32;4*1-2/h2-17H,18H2,1H3;4*1-2H3/q+1;;;;. The average Bonchev–Trinajstić information content (AvgIpc) is 3.91. The van der Waals surface area contributed by atoms with Crippen molar-refractivity contribution in [3.63, 3.8) is 0 Å². The number of fused-ring (bicyclic) bond motifs is 14. The fourth-order valence-corrected chi connectivity index (χ4v) is 6.76. The highest BCUT2D eigenvalue weighted by Crippen LogP contribution is 2.40. The summed E-state index contributed by atoms with van der Waals surface area (Å²) in [7, 11) is 2.08. The van der Waals surface area contributed by atoms with Gasteiger partial charge in [0.2, 0.25) is 17.5 Å². The van der Waals surface area contributed by atoms with Gasteiger partial charge in [-0.3, -0.25) is 4.57 Å². The second-order valence-electron chi connectivity index (χ2n) is 10.9. The van der Waals surface area contributed by atoms with Gasteiger partial charge >= 0.3 is 0 Å². The van der Waals surface area contributed by atoms with Crippen LogP contribution in [0.1, 0.15) is 77.6 Å². The van der Waals surface area contributed by atoms with Crippen molar-refractivity contribution in [1.29, 1.82) is 0 Å². The molecule has 252 valence electrons. The fourth-order valence-electron chi connectivity index (χ4n) is 6.76. The molecule has 6 heterocycles. The first-order valence-corrected chi connectivity index (χ1v) is 18.0. The maximum absolute atomic E-state index is 5.29. The van der Waals surface area contributed by atoms with Crippen LogP contribution in [0, 0.1) is 0 Å². The molecular weight excluding hydrogens is 617 g/mol. The van der Waals surface area contributed by atoms with Crippen LogP contribution in [0.2, 0.25) is 0 Å². The summed E-state index contributed by atoms with van der Waals surface area (Å²) in [5.41, 5.74) is 5.66. The molecular formula is C42H45N8+. The third kappa shape index (κ3) is 5.14. The SMILES string of the molecule is CC.CC.CC.CC.C[N+]1=C2N=C(N=c3c4ccccc4c4n3Cn3c(c5ccccc5c31)N=C1N=C(N=4)c3ccccc31)c1ccccc12. The van der Waals surface area contributed by atoms with E-state index in [0.29, 0.717) is 24.2 Å². The van der Waals surface area contributed by atoms with E-state index in [1.165, 1.54) is 0 Å². The Morgan fingerprint density at radius 3 is 1.42 bits per heavy atom. The van der Waals surface area contributed by atoms with Gasteiger partial charge < -0.3 is 0 Å². The summed E-state index contributed by atoms with van der Waals surface area (Å²) in [4.78, 5) is 26.0. The summed E-state index contributed by atoms with van der Waals surface area (Å²) in [6.45, 7) is 16.5. The number of hydrogen-bond donors (Lipinski definition) is 0. The van der Waals surface area contributed by atoms with Gasteiger partial charge in [-0.2, -0.15) is 9.98 Å². The maximum atomic E-state index is 5.29. The molecule has 0 N–H and O–H groups in total. The van der Waals surface area contributed by atoms with Crippen molar-refractivity contribution in [2.75, 3.05) is 7.05 Å². The van der Waals surface area contributed by atoms with Gasteiger partial charge in [0, 0.05) is 27.3 Å². The normalized spacial score (nSPS) is 13.8. The third-order valence-corrected chi connectivity index (χ3v) is 8.64. The summed E-state index contributed by atoms with van der Waals surface area (Å²) >= 11 is 0. The quantitative estimate of drug-likeness (QED) is 0.146. The number of aromatic nitrogens is 2. The molecule has 0 saturated carbocycles. The maximum Gasteiger partial charge on any atom is 0.273 e. The molecule has 2 aromatic heterocycles. The molecule has 0 spiro atoms. The predicted octanol–water partition coefficient (Wildman–Crippen LogP) is 8.79. The Kier molecular flexibility index (Phi) is 9.81. The van der Waals surface area contributed by atoms with E-state index >= 15 is 0 Å². The molecule has 0 fully saturated rings. The molecule has 0 unspecified atom stereocenters. The zero-order valence-electron chi connectivity index (χ0n) is 30.5. The van der Waals surface area contributed by atoms with Crippen LogP contribution < -0.4 is 11.0 Å². The molecule has 4 aliphatic heterocycles. The molecule has 8 nitrogen and oxygen atoms in total. The van der Waals surface area contributed by atoms with Crippen LogP contribution in [0.25, 0.3) is 21.5 Å². The van der Waals surface area contributed by atoms with Gasteiger partial charge in [0.15, 0.2) is 18.3 Å². The van der Waals surface area contributed by atoms with E-state index in [9.17, 15) is 0 Å². The van der Waals surface area contributed by atoms with E-state index in [4.69, 9.17) is 25.0 Å². The molecule has 50 heavy (non-hydrogen) atoms. The Hall–Kier alpha value is -5.76. The van der Waals surface area contributed by atoms with Crippen molar-refractivity contribution < 1.29 is 4.58 Å². The Labute approximate surface area is 293 Å². The summed E-state index contributed by atoms with van der Waals surface area (Å²) < 4.78 is 6.65. The molecule has 0 aliphatic carbocycles. The van der Waals surface area contributed by atoms with Crippen LogP contribution in [-0.4, -0.2) is 44.1 Å². The number of benzene rings is 4. The van der Waals surface area contributed by atoms with Crippen molar-refractivity contribution in [3.8, 4) is 0 Å². The molecule has 4 aromatic carbocycles. The monoisotopic (exact) mass is 661 g/mol.